The maximum absolute atomic E-state index is 14.9. The van der Waals surface area contributed by atoms with Crippen molar-refractivity contribution in [2.24, 2.45) is 5.73 Å². The fourth-order valence-electron chi connectivity index (χ4n) is 4.10. The molecule has 2 aliphatic rings. The fourth-order valence-corrected chi connectivity index (χ4v) is 6.50. The summed E-state index contributed by atoms with van der Waals surface area (Å²) in [5.41, 5.74) is 9.25. The number of hydrogen-bond donors (Lipinski definition) is 1. The summed E-state index contributed by atoms with van der Waals surface area (Å²) < 4.78 is 16.6. The van der Waals surface area contributed by atoms with Crippen molar-refractivity contribution in [2.75, 3.05) is 10.7 Å². The number of anilines is 1. The highest BCUT2D eigenvalue weighted by molar-refractivity contribution is 9.10. The van der Waals surface area contributed by atoms with Gasteiger partial charge in [-0.3, -0.25) is 9.69 Å². The topological polar surface area (TPSA) is 70.1 Å². The van der Waals surface area contributed by atoms with Gasteiger partial charge in [0, 0.05) is 22.2 Å². The third-order valence-electron chi connectivity index (χ3n) is 5.31. The van der Waals surface area contributed by atoms with Crippen LogP contribution in [0, 0.1) is 17.1 Å². The second-order valence-electron chi connectivity index (χ2n) is 7.01. The van der Waals surface area contributed by atoms with Gasteiger partial charge in [-0.25, -0.2) is 4.39 Å². The molecule has 4 rings (SSSR count). The number of carbonyl (C=O) groups is 1. The van der Waals surface area contributed by atoms with Crippen LogP contribution < -0.4 is 10.6 Å². The molecule has 1 aliphatic carbocycles. The van der Waals surface area contributed by atoms with Crippen LogP contribution in [-0.2, 0) is 4.79 Å². The van der Waals surface area contributed by atoms with Crippen molar-refractivity contribution in [3.8, 4) is 6.07 Å². The number of ketones is 1. The average Bonchev–Trinajstić information content (AvgIpc) is 3.16. The zero-order valence-corrected chi connectivity index (χ0v) is 19.5. The highest BCUT2D eigenvalue weighted by Gasteiger charge is 2.41. The lowest BCUT2D eigenvalue weighted by Crippen LogP contribution is -2.39. The Balaban J connectivity index is 1.97. The molecule has 1 aromatic carbocycles. The van der Waals surface area contributed by atoms with Crippen molar-refractivity contribution >= 4 is 50.5 Å². The van der Waals surface area contributed by atoms with Crippen LogP contribution in [-0.4, -0.2) is 11.5 Å². The normalized spacial score (nSPS) is 19.2. The number of halogens is 2. The van der Waals surface area contributed by atoms with Crippen molar-refractivity contribution in [1.82, 2.24) is 0 Å². The van der Waals surface area contributed by atoms with Gasteiger partial charge in [0.25, 0.3) is 0 Å². The van der Waals surface area contributed by atoms with Crippen molar-refractivity contribution in [3.63, 3.8) is 0 Å². The molecule has 0 spiro atoms. The van der Waals surface area contributed by atoms with E-state index in [0.717, 1.165) is 15.5 Å². The predicted octanol–water partition coefficient (Wildman–Crippen LogP) is 6.07. The molecule has 1 aliphatic heterocycles. The van der Waals surface area contributed by atoms with Crippen LogP contribution in [0.1, 0.15) is 37.7 Å². The highest BCUT2D eigenvalue weighted by Crippen LogP contribution is 2.49. The summed E-state index contributed by atoms with van der Waals surface area (Å²) in [5, 5.41) is 12.0. The quantitative estimate of drug-likeness (QED) is 0.512. The molecule has 30 heavy (non-hydrogen) atoms. The maximum atomic E-state index is 14.9. The molecule has 8 heteroatoms. The molecule has 0 radical (unpaired) electrons. The van der Waals surface area contributed by atoms with Gasteiger partial charge in [0.15, 0.2) is 5.78 Å². The van der Waals surface area contributed by atoms with Crippen LogP contribution in [0.3, 0.4) is 0 Å². The summed E-state index contributed by atoms with van der Waals surface area (Å²) in [6.07, 6.45) is 1.70. The number of allylic oxidation sites excluding steroid dienone is 3. The fraction of sp³-hybridized carbons (Fsp3) is 0.273. The first-order chi connectivity index (χ1) is 14.5. The molecule has 154 valence electrons. The van der Waals surface area contributed by atoms with Gasteiger partial charge in [-0.2, -0.15) is 5.26 Å². The molecule has 2 N–H and O–H groups in total. The van der Waals surface area contributed by atoms with E-state index in [1.54, 1.807) is 40.1 Å². The van der Waals surface area contributed by atoms with E-state index in [-0.39, 0.29) is 17.3 Å². The first-order valence-electron chi connectivity index (χ1n) is 9.59. The van der Waals surface area contributed by atoms with Crippen molar-refractivity contribution < 1.29 is 9.18 Å². The Morgan fingerprint density at radius 3 is 2.90 bits per heavy atom. The van der Waals surface area contributed by atoms with Crippen molar-refractivity contribution in [2.45, 2.75) is 36.3 Å². The summed E-state index contributed by atoms with van der Waals surface area (Å²) in [7, 11) is 0. The van der Waals surface area contributed by atoms with Gasteiger partial charge < -0.3 is 5.73 Å². The molecule has 0 fully saturated rings. The minimum Gasteiger partial charge on any atom is -0.384 e. The third-order valence-corrected chi connectivity index (χ3v) is 7.95. The highest BCUT2D eigenvalue weighted by atomic mass is 79.9. The van der Waals surface area contributed by atoms with Gasteiger partial charge in [0.1, 0.15) is 11.6 Å². The smallest absolute Gasteiger partial charge is 0.161 e. The number of hydrogen-bond acceptors (Lipinski definition) is 6. The Hall–Kier alpha value is -2.08. The van der Waals surface area contributed by atoms with E-state index in [1.807, 2.05) is 11.4 Å². The molecule has 0 saturated carbocycles. The van der Waals surface area contributed by atoms with Gasteiger partial charge in [-0.05, 0) is 53.8 Å². The number of rotatable bonds is 4. The first-order valence-corrected chi connectivity index (χ1v) is 12.2. The van der Waals surface area contributed by atoms with E-state index in [0.29, 0.717) is 40.6 Å². The number of Topliss-reactive ketones (excluding diaryl/α,β-unsaturated/α-hetero) is 1. The molecule has 1 unspecified atom stereocenters. The largest absolute Gasteiger partial charge is 0.384 e. The van der Waals surface area contributed by atoms with E-state index < -0.39 is 11.7 Å². The number of nitrogens with zero attached hydrogens (tertiary/aromatic N) is 2. The molecule has 2 heterocycles. The number of nitrogens with two attached hydrogens (primary N) is 1. The summed E-state index contributed by atoms with van der Waals surface area (Å²) in [6, 6.07) is 8.92. The van der Waals surface area contributed by atoms with Crippen molar-refractivity contribution in [1.29, 1.82) is 5.26 Å². The third kappa shape index (κ3) is 3.49. The molecular formula is C22H19BrFN3OS2. The lowest BCUT2D eigenvalue weighted by molar-refractivity contribution is -0.116. The van der Waals surface area contributed by atoms with Crippen LogP contribution in [0.4, 0.5) is 10.1 Å². The molecule has 0 amide bonds. The molecule has 0 bridgehead atoms. The van der Waals surface area contributed by atoms with Gasteiger partial charge in [0.05, 0.1) is 27.5 Å². The minimum absolute atomic E-state index is 0.00247. The van der Waals surface area contributed by atoms with Crippen LogP contribution in [0.25, 0.3) is 0 Å². The van der Waals surface area contributed by atoms with Crippen molar-refractivity contribution in [3.05, 3.63) is 68.2 Å². The number of thiophene rings is 1. The number of thioether (sulfide) groups is 1. The first kappa shape index (κ1) is 21.2. The molecule has 0 saturated heterocycles. The standard InChI is InChI=1S/C22H19BrFN3OS2/c1-2-29-22-13(8-9-30-22)19-14(11-25)21(26)27(16-7-6-12(23)10-15(16)24)17-4-3-5-18(28)20(17)19/h6-10,19H,2-5,26H2,1H3. The monoisotopic (exact) mass is 503 g/mol. The predicted molar refractivity (Wildman–Crippen MR) is 123 cm³/mol. The zero-order valence-electron chi connectivity index (χ0n) is 16.2. The van der Waals surface area contributed by atoms with Gasteiger partial charge in [-0.15, -0.1) is 23.1 Å². The molecule has 1 atom stereocenters. The summed E-state index contributed by atoms with van der Waals surface area (Å²) in [5.74, 6) is 0.106. The lowest BCUT2D eigenvalue weighted by Gasteiger charge is -2.39. The SMILES string of the molecule is CCSc1sccc1C1C(C#N)=C(N)N(c2ccc(Br)cc2F)C2=C1C(=O)CCC2. The Morgan fingerprint density at radius 1 is 1.40 bits per heavy atom. The average molecular weight is 504 g/mol. The van der Waals surface area contributed by atoms with Gasteiger partial charge in [0.2, 0.25) is 0 Å². The second kappa shape index (κ2) is 8.58. The summed E-state index contributed by atoms with van der Waals surface area (Å²) >= 11 is 6.57. The number of carbonyl (C=O) groups excluding carboxylic acids is 1. The van der Waals surface area contributed by atoms with Crippen LogP contribution in [0.2, 0.25) is 0 Å². The van der Waals surface area contributed by atoms with Gasteiger partial charge >= 0.3 is 0 Å². The molecule has 2 aromatic rings. The van der Waals surface area contributed by atoms with E-state index >= 15 is 0 Å². The Kier molecular flexibility index (Phi) is 6.05. The summed E-state index contributed by atoms with van der Waals surface area (Å²) in [6.45, 7) is 2.07. The van der Waals surface area contributed by atoms with Crippen LogP contribution >= 0.6 is 39.0 Å². The van der Waals surface area contributed by atoms with Gasteiger partial charge in [-0.1, -0.05) is 22.9 Å². The van der Waals surface area contributed by atoms with E-state index in [2.05, 4.69) is 28.9 Å². The number of benzene rings is 1. The lowest BCUT2D eigenvalue weighted by atomic mass is 9.76. The minimum atomic E-state index is -0.507. The maximum Gasteiger partial charge on any atom is 0.161 e. The van der Waals surface area contributed by atoms with E-state index in [1.165, 1.54) is 6.07 Å². The molecular weight excluding hydrogens is 485 g/mol. The molecule has 4 nitrogen and oxygen atoms in total. The summed E-state index contributed by atoms with van der Waals surface area (Å²) in [4.78, 5) is 14.7. The zero-order chi connectivity index (χ0) is 21.4. The van der Waals surface area contributed by atoms with E-state index in [9.17, 15) is 14.4 Å². The van der Waals surface area contributed by atoms with Crippen LogP contribution in [0.15, 0.2) is 61.0 Å². The molecule has 1 aromatic heterocycles. The Bertz CT molecular complexity index is 1130. The Labute approximate surface area is 191 Å². The second-order valence-corrected chi connectivity index (χ2v) is 10.4. The Morgan fingerprint density at radius 2 is 2.20 bits per heavy atom. The van der Waals surface area contributed by atoms with Crippen LogP contribution in [0.5, 0.6) is 0 Å². The van der Waals surface area contributed by atoms with E-state index in [4.69, 9.17) is 5.73 Å². The number of nitriles is 1.